The SMILES string of the molecule is N#CCc1ccc(C(=O)Nc2ccc(Cl)c(Cl)c2)cc1. The van der Waals surface area contributed by atoms with E-state index in [1.807, 2.05) is 0 Å². The molecule has 1 amide bonds. The van der Waals surface area contributed by atoms with Crippen LogP contribution in [0.3, 0.4) is 0 Å². The van der Waals surface area contributed by atoms with Crippen molar-refractivity contribution in [1.29, 1.82) is 5.26 Å². The second-order valence-electron chi connectivity index (χ2n) is 4.11. The van der Waals surface area contributed by atoms with Crippen molar-refractivity contribution >= 4 is 34.8 Å². The minimum atomic E-state index is -0.244. The number of amides is 1. The van der Waals surface area contributed by atoms with Crippen LogP contribution in [0.4, 0.5) is 5.69 Å². The molecule has 2 aromatic rings. The second kappa shape index (κ2) is 6.42. The molecule has 0 unspecified atom stereocenters. The van der Waals surface area contributed by atoms with Gasteiger partial charge in [-0.3, -0.25) is 4.79 Å². The van der Waals surface area contributed by atoms with E-state index >= 15 is 0 Å². The van der Waals surface area contributed by atoms with Gasteiger partial charge in [0.2, 0.25) is 0 Å². The highest BCUT2D eigenvalue weighted by atomic mass is 35.5. The lowest BCUT2D eigenvalue weighted by Crippen LogP contribution is -2.11. The van der Waals surface area contributed by atoms with E-state index in [1.165, 1.54) is 0 Å². The monoisotopic (exact) mass is 304 g/mol. The number of rotatable bonds is 3. The van der Waals surface area contributed by atoms with E-state index in [0.29, 0.717) is 27.7 Å². The quantitative estimate of drug-likeness (QED) is 0.918. The smallest absolute Gasteiger partial charge is 0.255 e. The van der Waals surface area contributed by atoms with Gasteiger partial charge in [0.05, 0.1) is 22.5 Å². The van der Waals surface area contributed by atoms with Crippen molar-refractivity contribution in [3.05, 3.63) is 63.6 Å². The van der Waals surface area contributed by atoms with Crippen LogP contribution in [0.1, 0.15) is 15.9 Å². The maximum absolute atomic E-state index is 12.0. The summed E-state index contributed by atoms with van der Waals surface area (Å²) >= 11 is 11.7. The van der Waals surface area contributed by atoms with Gasteiger partial charge in [-0.25, -0.2) is 0 Å². The first-order chi connectivity index (χ1) is 9.60. The zero-order valence-electron chi connectivity index (χ0n) is 10.4. The number of nitriles is 1. The van der Waals surface area contributed by atoms with Crippen molar-refractivity contribution in [2.45, 2.75) is 6.42 Å². The third-order valence-electron chi connectivity index (χ3n) is 2.68. The van der Waals surface area contributed by atoms with E-state index in [2.05, 4.69) is 11.4 Å². The van der Waals surface area contributed by atoms with Gasteiger partial charge in [-0.05, 0) is 35.9 Å². The third-order valence-corrected chi connectivity index (χ3v) is 3.42. The summed E-state index contributed by atoms with van der Waals surface area (Å²) in [5, 5.41) is 12.1. The molecule has 0 radical (unpaired) electrons. The van der Waals surface area contributed by atoms with Gasteiger partial charge in [-0.15, -0.1) is 0 Å². The Morgan fingerprint density at radius 2 is 1.80 bits per heavy atom. The van der Waals surface area contributed by atoms with Gasteiger partial charge in [0.25, 0.3) is 5.91 Å². The van der Waals surface area contributed by atoms with Crippen LogP contribution in [0.25, 0.3) is 0 Å². The first-order valence-electron chi connectivity index (χ1n) is 5.82. The Hall–Kier alpha value is -2.02. The molecule has 5 heteroatoms. The van der Waals surface area contributed by atoms with Gasteiger partial charge >= 0.3 is 0 Å². The molecule has 0 atom stereocenters. The molecule has 0 aliphatic heterocycles. The van der Waals surface area contributed by atoms with Crippen LogP contribution in [0.5, 0.6) is 0 Å². The van der Waals surface area contributed by atoms with E-state index in [4.69, 9.17) is 28.5 Å². The summed E-state index contributed by atoms with van der Waals surface area (Å²) in [5.41, 5.74) is 1.96. The van der Waals surface area contributed by atoms with Crippen molar-refractivity contribution < 1.29 is 4.79 Å². The minimum Gasteiger partial charge on any atom is -0.322 e. The van der Waals surface area contributed by atoms with Crippen LogP contribution >= 0.6 is 23.2 Å². The van der Waals surface area contributed by atoms with E-state index in [0.717, 1.165) is 5.56 Å². The maximum atomic E-state index is 12.0. The van der Waals surface area contributed by atoms with E-state index in [1.54, 1.807) is 42.5 Å². The molecule has 2 rings (SSSR count). The second-order valence-corrected chi connectivity index (χ2v) is 4.93. The van der Waals surface area contributed by atoms with Crippen LogP contribution in [0, 0.1) is 11.3 Å². The van der Waals surface area contributed by atoms with Crippen molar-refractivity contribution in [3.8, 4) is 6.07 Å². The lowest BCUT2D eigenvalue weighted by molar-refractivity contribution is 0.102. The summed E-state index contributed by atoms with van der Waals surface area (Å²) in [6.07, 6.45) is 0.328. The Bertz CT molecular complexity index is 675. The summed E-state index contributed by atoms with van der Waals surface area (Å²) < 4.78 is 0. The molecule has 0 aromatic heterocycles. The van der Waals surface area contributed by atoms with Gasteiger partial charge < -0.3 is 5.32 Å². The largest absolute Gasteiger partial charge is 0.322 e. The van der Waals surface area contributed by atoms with Crippen molar-refractivity contribution in [1.82, 2.24) is 0 Å². The van der Waals surface area contributed by atoms with Gasteiger partial charge in [-0.2, -0.15) is 5.26 Å². The van der Waals surface area contributed by atoms with Crippen LogP contribution in [-0.2, 0) is 6.42 Å². The maximum Gasteiger partial charge on any atom is 0.255 e. The molecule has 0 saturated carbocycles. The Balaban J connectivity index is 2.11. The lowest BCUT2D eigenvalue weighted by atomic mass is 10.1. The van der Waals surface area contributed by atoms with Crippen LogP contribution < -0.4 is 5.32 Å². The number of nitrogens with zero attached hydrogens (tertiary/aromatic N) is 1. The normalized spacial score (nSPS) is 9.85. The van der Waals surface area contributed by atoms with Crippen molar-refractivity contribution in [3.63, 3.8) is 0 Å². The number of carbonyl (C=O) groups is 1. The highest BCUT2D eigenvalue weighted by molar-refractivity contribution is 6.42. The van der Waals surface area contributed by atoms with Crippen LogP contribution in [-0.4, -0.2) is 5.91 Å². The van der Waals surface area contributed by atoms with Crippen molar-refractivity contribution in [2.75, 3.05) is 5.32 Å². The third kappa shape index (κ3) is 3.51. The molecular formula is C15H10Cl2N2O. The van der Waals surface area contributed by atoms with Crippen LogP contribution in [0.2, 0.25) is 10.0 Å². The van der Waals surface area contributed by atoms with E-state index in [-0.39, 0.29) is 5.91 Å². The minimum absolute atomic E-state index is 0.244. The average Bonchev–Trinajstić information content (AvgIpc) is 2.44. The molecule has 0 spiro atoms. The van der Waals surface area contributed by atoms with Crippen molar-refractivity contribution in [2.24, 2.45) is 0 Å². The zero-order valence-corrected chi connectivity index (χ0v) is 11.9. The highest BCUT2D eigenvalue weighted by Gasteiger charge is 2.07. The molecule has 0 heterocycles. The molecule has 3 nitrogen and oxygen atoms in total. The number of carbonyl (C=O) groups excluding carboxylic acids is 1. The van der Waals surface area contributed by atoms with E-state index < -0.39 is 0 Å². The fourth-order valence-corrected chi connectivity index (χ4v) is 1.94. The first kappa shape index (κ1) is 14.4. The molecule has 0 aliphatic carbocycles. The summed E-state index contributed by atoms with van der Waals surface area (Å²) in [7, 11) is 0. The van der Waals surface area contributed by atoms with Crippen LogP contribution in [0.15, 0.2) is 42.5 Å². The molecule has 0 saturated heterocycles. The molecule has 100 valence electrons. The van der Waals surface area contributed by atoms with Gasteiger partial charge in [-0.1, -0.05) is 35.3 Å². The number of halogens is 2. The Morgan fingerprint density at radius 1 is 1.10 bits per heavy atom. The Kier molecular flexibility index (Phi) is 4.62. The predicted molar refractivity (Wildman–Crippen MR) is 80.2 cm³/mol. The van der Waals surface area contributed by atoms with Gasteiger partial charge in [0, 0.05) is 11.3 Å². The van der Waals surface area contributed by atoms with Gasteiger partial charge in [0.15, 0.2) is 0 Å². The summed E-state index contributed by atoms with van der Waals surface area (Å²) in [5.74, 6) is -0.244. The topological polar surface area (TPSA) is 52.9 Å². The highest BCUT2D eigenvalue weighted by Crippen LogP contribution is 2.25. The lowest BCUT2D eigenvalue weighted by Gasteiger charge is -2.06. The number of nitrogens with one attached hydrogen (secondary N) is 1. The number of anilines is 1. The fourth-order valence-electron chi connectivity index (χ4n) is 1.64. The summed E-state index contributed by atoms with van der Waals surface area (Å²) in [4.78, 5) is 12.0. The Morgan fingerprint density at radius 3 is 2.40 bits per heavy atom. The average molecular weight is 305 g/mol. The molecule has 0 fully saturated rings. The standard InChI is InChI=1S/C15H10Cl2N2O/c16-13-6-5-12(9-14(13)17)19-15(20)11-3-1-10(2-4-11)7-8-18/h1-6,9H,7H2,(H,19,20). The number of hydrogen-bond acceptors (Lipinski definition) is 2. The molecule has 20 heavy (non-hydrogen) atoms. The zero-order chi connectivity index (χ0) is 14.5. The predicted octanol–water partition coefficient (Wildman–Crippen LogP) is 4.31. The first-order valence-corrected chi connectivity index (χ1v) is 6.58. The fraction of sp³-hybridized carbons (Fsp3) is 0.0667. The molecule has 2 aromatic carbocycles. The summed E-state index contributed by atoms with van der Waals surface area (Å²) in [6, 6.07) is 13.8. The number of hydrogen-bond donors (Lipinski definition) is 1. The Labute approximate surface area is 126 Å². The van der Waals surface area contributed by atoms with Gasteiger partial charge in [0.1, 0.15) is 0 Å². The van der Waals surface area contributed by atoms with E-state index in [9.17, 15) is 4.79 Å². The molecular weight excluding hydrogens is 295 g/mol. The molecule has 0 bridgehead atoms. The molecule has 1 N–H and O–H groups in total. The number of benzene rings is 2. The summed E-state index contributed by atoms with van der Waals surface area (Å²) in [6.45, 7) is 0. The molecule has 0 aliphatic rings.